The molecule has 0 bridgehead atoms. The molecule has 0 aliphatic rings. The number of nitrogens with zero attached hydrogens (tertiary/aromatic N) is 3. The van der Waals surface area contributed by atoms with E-state index in [2.05, 4.69) is 39.2 Å². The smallest absolute Gasteiger partial charge is 0.190 e. The second-order valence-electron chi connectivity index (χ2n) is 6.21. The minimum Gasteiger partial charge on any atom is -0.356 e. The van der Waals surface area contributed by atoms with Gasteiger partial charge in [0, 0.05) is 44.0 Å². The largest absolute Gasteiger partial charge is 0.356 e. The fourth-order valence-corrected chi connectivity index (χ4v) is 2.96. The first kappa shape index (κ1) is 21.5. The molecule has 0 aliphatic carbocycles. The number of imidazole rings is 1. The molecular formula is C20H25ClIN5. The van der Waals surface area contributed by atoms with Crippen LogP contribution in [0.1, 0.15) is 16.8 Å². The fraction of sp³-hybridized carbons (Fsp3) is 0.300. The van der Waals surface area contributed by atoms with Crippen LogP contribution in [0.15, 0.2) is 53.8 Å². The van der Waals surface area contributed by atoms with Crippen LogP contribution in [0.2, 0.25) is 5.02 Å². The van der Waals surface area contributed by atoms with Gasteiger partial charge in [-0.1, -0.05) is 29.8 Å². The van der Waals surface area contributed by atoms with Crippen molar-refractivity contribution in [2.24, 2.45) is 4.99 Å². The zero-order valence-corrected chi connectivity index (χ0v) is 18.7. The molecule has 0 unspecified atom stereocenters. The predicted octanol–water partition coefficient (Wildman–Crippen LogP) is 3.86. The highest BCUT2D eigenvalue weighted by Crippen LogP contribution is 2.10. The molecule has 3 rings (SSSR count). The van der Waals surface area contributed by atoms with Crippen molar-refractivity contribution in [1.29, 1.82) is 0 Å². The Bertz CT molecular complexity index is 889. The summed E-state index contributed by atoms with van der Waals surface area (Å²) in [4.78, 5) is 8.96. The number of hydrogen-bond acceptors (Lipinski definition) is 2. The van der Waals surface area contributed by atoms with Crippen LogP contribution in [0.25, 0.3) is 5.65 Å². The van der Waals surface area contributed by atoms with Gasteiger partial charge in [0.15, 0.2) is 5.96 Å². The molecule has 2 aromatic heterocycles. The molecule has 2 heterocycles. The van der Waals surface area contributed by atoms with Gasteiger partial charge in [-0.25, -0.2) is 4.98 Å². The van der Waals surface area contributed by atoms with Gasteiger partial charge in [0.05, 0.1) is 5.69 Å². The van der Waals surface area contributed by atoms with E-state index in [0.717, 1.165) is 48.3 Å². The van der Waals surface area contributed by atoms with Crippen molar-refractivity contribution in [3.8, 4) is 0 Å². The topological polar surface area (TPSA) is 53.7 Å². The van der Waals surface area contributed by atoms with Gasteiger partial charge in [0.1, 0.15) is 5.65 Å². The number of nitrogens with one attached hydrogen (secondary N) is 2. The zero-order valence-electron chi connectivity index (χ0n) is 15.6. The Kier molecular flexibility index (Phi) is 8.37. The van der Waals surface area contributed by atoms with Crippen LogP contribution >= 0.6 is 35.6 Å². The molecule has 5 nitrogen and oxygen atoms in total. The average molecular weight is 498 g/mol. The number of aliphatic imine (C=N–C) groups is 1. The van der Waals surface area contributed by atoms with Gasteiger partial charge >= 0.3 is 0 Å². The molecule has 0 spiro atoms. The van der Waals surface area contributed by atoms with Crippen LogP contribution in [0, 0.1) is 6.92 Å². The third-order valence-corrected chi connectivity index (χ3v) is 4.50. The van der Waals surface area contributed by atoms with Crippen LogP contribution in [0.5, 0.6) is 0 Å². The number of aryl methyl sites for hydroxylation is 1. The lowest BCUT2D eigenvalue weighted by atomic mass is 10.1. The Morgan fingerprint density at radius 2 is 1.81 bits per heavy atom. The van der Waals surface area contributed by atoms with Gasteiger partial charge in [-0.05, 0) is 42.7 Å². The summed E-state index contributed by atoms with van der Waals surface area (Å²) in [5.74, 6) is 0.805. The van der Waals surface area contributed by atoms with E-state index in [4.69, 9.17) is 16.6 Å². The van der Waals surface area contributed by atoms with Crippen LogP contribution in [-0.4, -0.2) is 35.5 Å². The quantitative estimate of drug-likeness (QED) is 0.309. The highest BCUT2D eigenvalue weighted by Gasteiger charge is 2.04. The zero-order chi connectivity index (χ0) is 18.4. The third kappa shape index (κ3) is 6.10. The molecule has 7 heteroatoms. The van der Waals surface area contributed by atoms with Crippen molar-refractivity contribution in [3.63, 3.8) is 0 Å². The lowest BCUT2D eigenvalue weighted by Gasteiger charge is -2.11. The maximum absolute atomic E-state index is 5.91. The summed E-state index contributed by atoms with van der Waals surface area (Å²) in [5.41, 5.74) is 4.53. The van der Waals surface area contributed by atoms with Gasteiger partial charge in [-0.3, -0.25) is 4.99 Å². The Hall–Kier alpha value is -1.80. The predicted molar refractivity (Wildman–Crippen MR) is 124 cm³/mol. The minimum atomic E-state index is 0. The summed E-state index contributed by atoms with van der Waals surface area (Å²) < 4.78 is 2.07. The molecule has 27 heavy (non-hydrogen) atoms. The average Bonchev–Trinajstić information content (AvgIpc) is 3.06. The Balaban J connectivity index is 0.00000261. The van der Waals surface area contributed by atoms with Crippen molar-refractivity contribution in [3.05, 3.63) is 70.6 Å². The first-order valence-electron chi connectivity index (χ1n) is 8.78. The SMILES string of the molecule is CN=C(NCCc1ccc(Cl)cc1)NCCc1cn2cccc(C)c2n1.I. The molecule has 0 saturated heterocycles. The van der Waals surface area contributed by atoms with Crippen molar-refractivity contribution >= 4 is 47.2 Å². The number of halogens is 2. The van der Waals surface area contributed by atoms with Crippen LogP contribution in [-0.2, 0) is 12.8 Å². The summed E-state index contributed by atoms with van der Waals surface area (Å²) in [7, 11) is 1.78. The van der Waals surface area contributed by atoms with Crippen molar-refractivity contribution in [2.45, 2.75) is 19.8 Å². The number of hydrogen-bond donors (Lipinski definition) is 2. The molecule has 1 aromatic carbocycles. The number of benzene rings is 1. The Morgan fingerprint density at radius 1 is 1.11 bits per heavy atom. The molecule has 0 saturated carbocycles. The number of guanidine groups is 1. The molecule has 0 fully saturated rings. The van der Waals surface area contributed by atoms with E-state index >= 15 is 0 Å². The Morgan fingerprint density at radius 3 is 2.48 bits per heavy atom. The van der Waals surface area contributed by atoms with Crippen LogP contribution in [0.4, 0.5) is 0 Å². The summed E-state index contributed by atoms with van der Waals surface area (Å²) in [5, 5.41) is 7.44. The number of rotatable bonds is 6. The fourth-order valence-electron chi connectivity index (χ4n) is 2.83. The van der Waals surface area contributed by atoms with Gasteiger partial charge in [-0.15, -0.1) is 24.0 Å². The van der Waals surface area contributed by atoms with E-state index in [1.165, 1.54) is 11.1 Å². The summed E-state index contributed by atoms with van der Waals surface area (Å²) in [6.45, 7) is 3.68. The van der Waals surface area contributed by atoms with E-state index in [-0.39, 0.29) is 24.0 Å². The summed E-state index contributed by atoms with van der Waals surface area (Å²) in [6, 6.07) is 12.0. The standard InChI is InChI=1S/C20H24ClN5.HI/c1-15-4-3-13-26-14-18(25-19(15)26)10-12-24-20(22-2)23-11-9-16-5-7-17(21)8-6-16;/h3-8,13-14H,9-12H2,1-2H3,(H2,22,23,24);1H. The Labute approximate surface area is 182 Å². The van der Waals surface area contributed by atoms with Crippen molar-refractivity contribution < 1.29 is 0 Å². The van der Waals surface area contributed by atoms with Gasteiger partial charge in [-0.2, -0.15) is 0 Å². The highest BCUT2D eigenvalue weighted by atomic mass is 127. The lowest BCUT2D eigenvalue weighted by molar-refractivity contribution is 0.778. The monoisotopic (exact) mass is 497 g/mol. The highest BCUT2D eigenvalue weighted by molar-refractivity contribution is 14.0. The molecular weight excluding hydrogens is 473 g/mol. The molecule has 3 aromatic rings. The second kappa shape index (κ2) is 10.5. The molecule has 2 N–H and O–H groups in total. The van der Waals surface area contributed by atoms with Gasteiger partial charge < -0.3 is 15.0 Å². The van der Waals surface area contributed by atoms with Crippen molar-refractivity contribution in [2.75, 3.05) is 20.1 Å². The lowest BCUT2D eigenvalue weighted by Crippen LogP contribution is -2.39. The second-order valence-corrected chi connectivity index (χ2v) is 6.64. The van der Waals surface area contributed by atoms with Gasteiger partial charge in [0.2, 0.25) is 0 Å². The number of fused-ring (bicyclic) bond motifs is 1. The molecule has 0 aliphatic heterocycles. The minimum absolute atomic E-state index is 0. The number of pyridine rings is 1. The first-order valence-corrected chi connectivity index (χ1v) is 9.15. The molecule has 0 radical (unpaired) electrons. The maximum Gasteiger partial charge on any atom is 0.190 e. The van der Waals surface area contributed by atoms with E-state index in [0.29, 0.717) is 0 Å². The maximum atomic E-state index is 5.91. The molecule has 0 atom stereocenters. The first-order chi connectivity index (χ1) is 12.7. The van der Waals surface area contributed by atoms with Crippen molar-refractivity contribution in [1.82, 2.24) is 20.0 Å². The van der Waals surface area contributed by atoms with Crippen LogP contribution < -0.4 is 10.6 Å². The normalized spacial score (nSPS) is 11.3. The summed E-state index contributed by atoms with van der Waals surface area (Å²) in [6.07, 6.45) is 5.88. The third-order valence-electron chi connectivity index (χ3n) is 4.24. The van der Waals surface area contributed by atoms with E-state index in [1.807, 2.05) is 36.5 Å². The van der Waals surface area contributed by atoms with E-state index in [1.54, 1.807) is 7.05 Å². The number of aromatic nitrogens is 2. The van der Waals surface area contributed by atoms with E-state index in [9.17, 15) is 0 Å². The van der Waals surface area contributed by atoms with E-state index < -0.39 is 0 Å². The van der Waals surface area contributed by atoms with Gasteiger partial charge in [0.25, 0.3) is 0 Å². The molecule has 0 amide bonds. The van der Waals surface area contributed by atoms with Crippen LogP contribution in [0.3, 0.4) is 0 Å². The molecule has 144 valence electrons. The summed E-state index contributed by atoms with van der Waals surface area (Å²) >= 11 is 5.91.